The minimum absolute atomic E-state index is 0.678. The molecule has 1 aromatic carbocycles. The summed E-state index contributed by atoms with van der Waals surface area (Å²) in [5.74, 6) is 2.38. The number of allylic oxidation sites excluding steroid dienone is 1. The number of benzene rings is 1. The zero-order valence-electron chi connectivity index (χ0n) is 11.3. The average Bonchev–Trinajstić information content (AvgIpc) is 2.47. The largest absolute Gasteiger partial charge is 0.493 e. The van der Waals surface area contributed by atoms with E-state index in [0.29, 0.717) is 11.5 Å². The molecule has 0 spiro atoms. The van der Waals surface area contributed by atoms with Crippen LogP contribution >= 0.6 is 0 Å². The van der Waals surface area contributed by atoms with Gasteiger partial charge >= 0.3 is 0 Å². The van der Waals surface area contributed by atoms with Crippen molar-refractivity contribution in [3.63, 3.8) is 0 Å². The van der Waals surface area contributed by atoms with Crippen LogP contribution in [0.3, 0.4) is 0 Å². The Bertz CT molecular complexity index is 435. The van der Waals surface area contributed by atoms with Crippen molar-refractivity contribution in [1.29, 1.82) is 5.26 Å². The van der Waals surface area contributed by atoms with Crippen LogP contribution in [0.25, 0.3) is 0 Å². The Balaban J connectivity index is 1.74. The SMILES string of the molecule is C=CC[C@H]1CC[C@H](COc2ccc(C#N)cc2)CC1. The quantitative estimate of drug-likeness (QED) is 0.734. The van der Waals surface area contributed by atoms with Crippen LogP contribution in [0, 0.1) is 23.2 Å². The van der Waals surface area contributed by atoms with Crippen LogP contribution in [0.5, 0.6) is 5.75 Å². The number of nitrogens with zero attached hydrogens (tertiary/aromatic N) is 1. The third-order valence-electron chi connectivity index (χ3n) is 3.94. The topological polar surface area (TPSA) is 33.0 Å². The third-order valence-corrected chi connectivity index (χ3v) is 3.94. The highest BCUT2D eigenvalue weighted by molar-refractivity contribution is 5.34. The van der Waals surface area contributed by atoms with Crippen LogP contribution in [-0.2, 0) is 0 Å². The smallest absolute Gasteiger partial charge is 0.119 e. The summed E-state index contributed by atoms with van der Waals surface area (Å²) in [6.45, 7) is 4.61. The zero-order chi connectivity index (χ0) is 13.5. The molecule has 2 nitrogen and oxygen atoms in total. The van der Waals surface area contributed by atoms with Gasteiger partial charge in [-0.05, 0) is 68.2 Å². The lowest BCUT2D eigenvalue weighted by Gasteiger charge is -2.27. The van der Waals surface area contributed by atoms with Crippen molar-refractivity contribution in [2.24, 2.45) is 11.8 Å². The molecule has 1 aromatic rings. The predicted octanol–water partition coefficient (Wildman–Crippen LogP) is 4.32. The molecule has 1 aliphatic carbocycles. The Kier molecular flexibility index (Phi) is 5.03. The fraction of sp³-hybridized carbons (Fsp3) is 0.471. The molecule has 1 fully saturated rings. The summed E-state index contributed by atoms with van der Waals surface area (Å²) in [6.07, 6.45) is 8.31. The van der Waals surface area contributed by atoms with Crippen LogP contribution in [0.15, 0.2) is 36.9 Å². The van der Waals surface area contributed by atoms with Crippen LogP contribution in [0.2, 0.25) is 0 Å². The van der Waals surface area contributed by atoms with E-state index in [1.54, 1.807) is 12.1 Å². The van der Waals surface area contributed by atoms with E-state index in [4.69, 9.17) is 10.00 Å². The molecule has 0 heterocycles. The Morgan fingerprint density at radius 3 is 2.37 bits per heavy atom. The van der Waals surface area contributed by atoms with Gasteiger partial charge in [-0.3, -0.25) is 0 Å². The van der Waals surface area contributed by atoms with Gasteiger partial charge in [0.25, 0.3) is 0 Å². The van der Waals surface area contributed by atoms with Crippen molar-refractivity contribution in [2.45, 2.75) is 32.1 Å². The van der Waals surface area contributed by atoms with Crippen molar-refractivity contribution in [3.05, 3.63) is 42.5 Å². The summed E-state index contributed by atoms with van der Waals surface area (Å²) in [6, 6.07) is 9.47. The van der Waals surface area contributed by atoms with Crippen molar-refractivity contribution in [2.75, 3.05) is 6.61 Å². The van der Waals surface area contributed by atoms with Crippen molar-refractivity contribution in [3.8, 4) is 11.8 Å². The monoisotopic (exact) mass is 255 g/mol. The van der Waals surface area contributed by atoms with E-state index in [9.17, 15) is 0 Å². The Hall–Kier alpha value is -1.75. The molecule has 0 amide bonds. The van der Waals surface area contributed by atoms with E-state index in [2.05, 4.69) is 12.6 Å². The molecular formula is C17H21NO. The molecule has 1 saturated carbocycles. The van der Waals surface area contributed by atoms with E-state index in [0.717, 1.165) is 24.7 Å². The molecule has 0 radical (unpaired) electrons. The highest BCUT2D eigenvalue weighted by Gasteiger charge is 2.20. The first-order valence-electron chi connectivity index (χ1n) is 7.05. The maximum Gasteiger partial charge on any atom is 0.119 e. The fourth-order valence-electron chi connectivity index (χ4n) is 2.71. The molecule has 0 bridgehead atoms. The standard InChI is InChI=1S/C17H21NO/c1-2-3-14-4-6-16(7-5-14)13-19-17-10-8-15(12-18)9-11-17/h2,8-11,14,16H,1,3-7,13H2/t14-,16-. The molecule has 100 valence electrons. The molecule has 0 unspecified atom stereocenters. The molecular weight excluding hydrogens is 234 g/mol. The lowest BCUT2D eigenvalue weighted by atomic mass is 9.81. The van der Waals surface area contributed by atoms with Gasteiger partial charge in [-0.2, -0.15) is 5.26 Å². The molecule has 0 aliphatic heterocycles. The minimum atomic E-state index is 0.678. The van der Waals surface area contributed by atoms with Crippen molar-refractivity contribution < 1.29 is 4.74 Å². The van der Waals surface area contributed by atoms with Crippen LogP contribution in [0.4, 0.5) is 0 Å². The Labute approximate surface area is 115 Å². The van der Waals surface area contributed by atoms with Gasteiger partial charge in [0, 0.05) is 0 Å². The van der Waals surface area contributed by atoms with Crippen LogP contribution in [-0.4, -0.2) is 6.61 Å². The first-order valence-corrected chi connectivity index (χ1v) is 7.05. The van der Waals surface area contributed by atoms with Gasteiger partial charge < -0.3 is 4.74 Å². The summed E-state index contributed by atoms with van der Waals surface area (Å²) in [5.41, 5.74) is 0.678. The Morgan fingerprint density at radius 2 is 1.79 bits per heavy atom. The normalized spacial score (nSPS) is 22.5. The first kappa shape index (κ1) is 13.7. The number of ether oxygens (including phenoxy) is 1. The molecule has 0 aromatic heterocycles. The van der Waals surface area contributed by atoms with Gasteiger partial charge in [-0.25, -0.2) is 0 Å². The number of hydrogen-bond acceptors (Lipinski definition) is 2. The molecule has 1 aliphatic rings. The number of rotatable bonds is 5. The predicted molar refractivity (Wildman–Crippen MR) is 76.9 cm³/mol. The highest BCUT2D eigenvalue weighted by Crippen LogP contribution is 2.31. The molecule has 0 atom stereocenters. The van der Waals surface area contributed by atoms with Gasteiger partial charge in [-0.15, -0.1) is 6.58 Å². The molecule has 0 N–H and O–H groups in total. The first-order chi connectivity index (χ1) is 9.31. The van der Waals surface area contributed by atoms with Crippen LogP contribution < -0.4 is 4.74 Å². The van der Waals surface area contributed by atoms with Gasteiger partial charge in [0.15, 0.2) is 0 Å². The number of hydrogen-bond donors (Lipinski definition) is 0. The van der Waals surface area contributed by atoms with E-state index in [1.165, 1.54) is 25.7 Å². The molecule has 19 heavy (non-hydrogen) atoms. The Morgan fingerprint density at radius 1 is 1.16 bits per heavy atom. The van der Waals surface area contributed by atoms with Crippen molar-refractivity contribution >= 4 is 0 Å². The van der Waals surface area contributed by atoms with E-state index >= 15 is 0 Å². The minimum Gasteiger partial charge on any atom is -0.493 e. The maximum atomic E-state index is 8.73. The van der Waals surface area contributed by atoms with Gasteiger partial charge in [0.1, 0.15) is 5.75 Å². The van der Waals surface area contributed by atoms with E-state index in [1.807, 2.05) is 18.2 Å². The van der Waals surface area contributed by atoms with E-state index in [-0.39, 0.29) is 0 Å². The molecule has 2 rings (SSSR count). The summed E-state index contributed by atoms with van der Waals surface area (Å²) in [7, 11) is 0. The lowest BCUT2D eigenvalue weighted by molar-refractivity contribution is 0.183. The second-order valence-electron chi connectivity index (χ2n) is 5.36. The lowest BCUT2D eigenvalue weighted by Crippen LogP contribution is -2.19. The summed E-state index contributed by atoms with van der Waals surface area (Å²) < 4.78 is 5.81. The van der Waals surface area contributed by atoms with Crippen molar-refractivity contribution in [1.82, 2.24) is 0 Å². The van der Waals surface area contributed by atoms with Gasteiger partial charge in [0.05, 0.1) is 18.2 Å². The number of nitriles is 1. The second kappa shape index (κ2) is 6.99. The highest BCUT2D eigenvalue weighted by atomic mass is 16.5. The summed E-state index contributed by atoms with van der Waals surface area (Å²) in [4.78, 5) is 0. The summed E-state index contributed by atoms with van der Waals surface area (Å²) in [5, 5.41) is 8.73. The van der Waals surface area contributed by atoms with Crippen LogP contribution in [0.1, 0.15) is 37.7 Å². The second-order valence-corrected chi connectivity index (χ2v) is 5.36. The van der Waals surface area contributed by atoms with Gasteiger partial charge in [-0.1, -0.05) is 6.08 Å². The zero-order valence-corrected chi connectivity index (χ0v) is 11.3. The third kappa shape index (κ3) is 4.13. The average molecular weight is 255 g/mol. The molecule has 0 saturated heterocycles. The maximum absolute atomic E-state index is 8.73. The van der Waals surface area contributed by atoms with Gasteiger partial charge in [0.2, 0.25) is 0 Å². The summed E-state index contributed by atoms with van der Waals surface area (Å²) >= 11 is 0. The van der Waals surface area contributed by atoms with E-state index < -0.39 is 0 Å². The molecule has 2 heteroatoms. The fourth-order valence-corrected chi connectivity index (χ4v) is 2.71.